The van der Waals surface area contributed by atoms with Crippen molar-refractivity contribution in [2.45, 2.75) is 6.04 Å². The fourth-order valence-corrected chi connectivity index (χ4v) is 3.37. The van der Waals surface area contributed by atoms with Gasteiger partial charge in [0.2, 0.25) is 5.75 Å². The standard InChI is InChI=1S/C21H22N4O4/c1-27-18-9-15(10-19(28-2)20(18)29-3)21(26)24-11-16(12-24)25-13-17(22-23-25)14-7-5-4-6-8-14/h4-10,13,16H,11-12H2,1-3H3. The van der Waals surface area contributed by atoms with Crippen molar-refractivity contribution in [2.24, 2.45) is 0 Å². The second-order valence-corrected chi connectivity index (χ2v) is 6.73. The van der Waals surface area contributed by atoms with Gasteiger partial charge in [-0.15, -0.1) is 5.10 Å². The van der Waals surface area contributed by atoms with Gasteiger partial charge in [-0.2, -0.15) is 0 Å². The highest BCUT2D eigenvalue weighted by molar-refractivity contribution is 5.96. The first-order chi connectivity index (χ1) is 14.1. The predicted octanol–water partition coefficient (Wildman–Crippen LogP) is 2.67. The first-order valence-corrected chi connectivity index (χ1v) is 9.21. The van der Waals surface area contributed by atoms with Gasteiger partial charge in [0.05, 0.1) is 33.6 Å². The van der Waals surface area contributed by atoms with Gasteiger partial charge >= 0.3 is 0 Å². The number of nitrogens with zero attached hydrogens (tertiary/aromatic N) is 4. The minimum Gasteiger partial charge on any atom is -0.493 e. The zero-order valence-corrected chi connectivity index (χ0v) is 16.5. The van der Waals surface area contributed by atoms with Crippen LogP contribution in [0.4, 0.5) is 0 Å². The highest BCUT2D eigenvalue weighted by atomic mass is 16.5. The van der Waals surface area contributed by atoms with Crippen molar-refractivity contribution in [1.82, 2.24) is 19.9 Å². The third-order valence-electron chi connectivity index (χ3n) is 5.02. The maximum absolute atomic E-state index is 12.9. The van der Waals surface area contributed by atoms with Crippen molar-refractivity contribution in [3.05, 3.63) is 54.2 Å². The van der Waals surface area contributed by atoms with Crippen LogP contribution in [-0.4, -0.2) is 60.2 Å². The van der Waals surface area contributed by atoms with Crippen molar-refractivity contribution in [1.29, 1.82) is 0 Å². The SMILES string of the molecule is COc1cc(C(=O)N2CC(n3cc(-c4ccccc4)nn3)C2)cc(OC)c1OC. The van der Waals surface area contributed by atoms with E-state index in [1.165, 1.54) is 21.3 Å². The lowest BCUT2D eigenvalue weighted by Crippen LogP contribution is -2.50. The van der Waals surface area contributed by atoms with Crippen LogP contribution in [0.2, 0.25) is 0 Å². The van der Waals surface area contributed by atoms with Crippen LogP contribution in [0, 0.1) is 0 Å². The largest absolute Gasteiger partial charge is 0.493 e. The van der Waals surface area contributed by atoms with E-state index in [0.29, 0.717) is 35.9 Å². The number of hydrogen-bond acceptors (Lipinski definition) is 6. The summed E-state index contributed by atoms with van der Waals surface area (Å²) in [4.78, 5) is 14.7. The summed E-state index contributed by atoms with van der Waals surface area (Å²) in [5.74, 6) is 1.28. The molecule has 1 fully saturated rings. The maximum Gasteiger partial charge on any atom is 0.254 e. The molecule has 1 aromatic heterocycles. The van der Waals surface area contributed by atoms with Gasteiger partial charge < -0.3 is 19.1 Å². The summed E-state index contributed by atoms with van der Waals surface area (Å²) in [6.45, 7) is 1.13. The van der Waals surface area contributed by atoms with E-state index < -0.39 is 0 Å². The fourth-order valence-electron chi connectivity index (χ4n) is 3.37. The van der Waals surface area contributed by atoms with E-state index in [4.69, 9.17) is 14.2 Å². The van der Waals surface area contributed by atoms with Gasteiger partial charge in [-0.05, 0) is 12.1 Å². The van der Waals surface area contributed by atoms with Crippen molar-refractivity contribution in [3.8, 4) is 28.5 Å². The number of aromatic nitrogens is 3. The Morgan fingerprint density at radius 1 is 1.00 bits per heavy atom. The maximum atomic E-state index is 12.9. The minimum atomic E-state index is -0.0936. The van der Waals surface area contributed by atoms with Crippen LogP contribution in [0.3, 0.4) is 0 Å². The molecule has 1 saturated heterocycles. The van der Waals surface area contributed by atoms with Crippen LogP contribution in [0.5, 0.6) is 17.2 Å². The number of ether oxygens (including phenoxy) is 3. The molecule has 8 heteroatoms. The quantitative estimate of drug-likeness (QED) is 0.640. The first-order valence-electron chi connectivity index (χ1n) is 9.21. The van der Waals surface area contributed by atoms with E-state index in [1.54, 1.807) is 17.0 Å². The average molecular weight is 394 g/mol. The molecule has 0 unspecified atom stereocenters. The molecule has 0 aliphatic carbocycles. The van der Waals surface area contributed by atoms with Crippen molar-refractivity contribution in [3.63, 3.8) is 0 Å². The summed E-state index contributed by atoms with van der Waals surface area (Å²) in [5.41, 5.74) is 2.32. The molecule has 1 aliphatic heterocycles. The summed E-state index contributed by atoms with van der Waals surface area (Å²) in [6, 6.07) is 13.3. The molecule has 4 rings (SSSR count). The van der Waals surface area contributed by atoms with Gasteiger partial charge in [-0.1, -0.05) is 35.5 Å². The molecule has 0 N–H and O–H groups in total. The Hall–Kier alpha value is -3.55. The number of carbonyl (C=O) groups is 1. The van der Waals surface area contributed by atoms with E-state index in [1.807, 2.05) is 41.2 Å². The lowest BCUT2D eigenvalue weighted by atomic mass is 10.1. The molecule has 0 saturated carbocycles. The van der Waals surface area contributed by atoms with Crippen molar-refractivity contribution in [2.75, 3.05) is 34.4 Å². The molecule has 0 radical (unpaired) electrons. The second kappa shape index (κ2) is 7.83. The Balaban J connectivity index is 1.46. The number of amides is 1. The lowest BCUT2D eigenvalue weighted by Gasteiger charge is -2.39. The van der Waals surface area contributed by atoms with Gasteiger partial charge in [0.15, 0.2) is 11.5 Å². The zero-order valence-electron chi connectivity index (χ0n) is 16.5. The Kier molecular flexibility index (Phi) is 5.07. The Morgan fingerprint density at radius 2 is 1.66 bits per heavy atom. The summed E-state index contributed by atoms with van der Waals surface area (Å²) in [6.07, 6.45) is 1.92. The molecule has 150 valence electrons. The third kappa shape index (κ3) is 3.49. The van der Waals surface area contributed by atoms with Gasteiger partial charge in [0.25, 0.3) is 5.91 Å². The molecule has 29 heavy (non-hydrogen) atoms. The first kappa shape index (κ1) is 18.8. The normalized spacial score (nSPS) is 13.7. The van der Waals surface area contributed by atoms with Gasteiger partial charge in [-0.3, -0.25) is 4.79 Å². The van der Waals surface area contributed by atoms with E-state index >= 15 is 0 Å². The molecule has 0 bridgehead atoms. The molecular formula is C21H22N4O4. The van der Waals surface area contributed by atoms with E-state index in [2.05, 4.69) is 10.3 Å². The van der Waals surface area contributed by atoms with Crippen molar-refractivity contribution >= 4 is 5.91 Å². The smallest absolute Gasteiger partial charge is 0.254 e. The second-order valence-electron chi connectivity index (χ2n) is 6.73. The summed E-state index contributed by atoms with van der Waals surface area (Å²) >= 11 is 0. The van der Waals surface area contributed by atoms with Crippen LogP contribution in [0.15, 0.2) is 48.7 Å². The summed E-state index contributed by atoms with van der Waals surface area (Å²) in [5, 5.41) is 8.48. The number of likely N-dealkylation sites (tertiary alicyclic amines) is 1. The molecule has 2 heterocycles. The summed E-state index contributed by atoms with van der Waals surface area (Å²) in [7, 11) is 4.59. The topological polar surface area (TPSA) is 78.7 Å². The third-order valence-corrected chi connectivity index (χ3v) is 5.02. The van der Waals surface area contributed by atoms with Crippen molar-refractivity contribution < 1.29 is 19.0 Å². The van der Waals surface area contributed by atoms with Gasteiger partial charge in [0.1, 0.15) is 5.69 Å². The Bertz CT molecular complexity index is 988. The van der Waals surface area contributed by atoms with Crippen LogP contribution in [0.25, 0.3) is 11.3 Å². The molecule has 2 aromatic carbocycles. The van der Waals surface area contributed by atoms with Gasteiger partial charge in [0, 0.05) is 24.2 Å². The number of rotatable bonds is 6. The van der Waals surface area contributed by atoms with E-state index in [9.17, 15) is 4.79 Å². The molecule has 0 atom stereocenters. The minimum absolute atomic E-state index is 0.0936. The number of hydrogen-bond donors (Lipinski definition) is 0. The number of carbonyl (C=O) groups excluding carboxylic acids is 1. The Labute approximate surface area is 168 Å². The highest BCUT2D eigenvalue weighted by Gasteiger charge is 2.34. The Morgan fingerprint density at radius 3 is 2.24 bits per heavy atom. The molecule has 8 nitrogen and oxygen atoms in total. The molecule has 1 aliphatic rings. The lowest BCUT2D eigenvalue weighted by molar-refractivity contribution is 0.0497. The highest BCUT2D eigenvalue weighted by Crippen LogP contribution is 2.39. The molecule has 1 amide bonds. The van der Waals surface area contributed by atoms with E-state index in [-0.39, 0.29) is 11.9 Å². The van der Waals surface area contributed by atoms with Crippen LogP contribution in [0.1, 0.15) is 16.4 Å². The monoisotopic (exact) mass is 394 g/mol. The van der Waals surface area contributed by atoms with Gasteiger partial charge in [-0.25, -0.2) is 4.68 Å². The zero-order chi connectivity index (χ0) is 20.4. The van der Waals surface area contributed by atoms with E-state index in [0.717, 1.165) is 11.3 Å². The average Bonchev–Trinajstić information content (AvgIpc) is 3.21. The van der Waals surface area contributed by atoms with Crippen LogP contribution in [-0.2, 0) is 0 Å². The predicted molar refractivity (Wildman–Crippen MR) is 106 cm³/mol. The molecular weight excluding hydrogens is 372 g/mol. The number of methoxy groups -OCH3 is 3. The van der Waals surface area contributed by atoms with Crippen LogP contribution < -0.4 is 14.2 Å². The fraction of sp³-hybridized carbons (Fsp3) is 0.286. The van der Waals surface area contributed by atoms with Crippen LogP contribution >= 0.6 is 0 Å². The molecule has 0 spiro atoms. The number of benzene rings is 2. The molecule has 3 aromatic rings. The summed E-state index contributed by atoms with van der Waals surface area (Å²) < 4.78 is 17.8.